The van der Waals surface area contributed by atoms with E-state index >= 15 is 0 Å². The van der Waals surface area contributed by atoms with E-state index in [4.69, 9.17) is 4.74 Å². The number of benzene rings is 1. The number of pyridine rings is 1. The van der Waals surface area contributed by atoms with E-state index in [-0.39, 0.29) is 6.03 Å². The molecule has 0 fully saturated rings. The van der Waals surface area contributed by atoms with Gasteiger partial charge < -0.3 is 15.4 Å². The molecular weight excluding hydrogens is 342 g/mol. The van der Waals surface area contributed by atoms with Crippen molar-refractivity contribution < 1.29 is 9.53 Å². The van der Waals surface area contributed by atoms with Crippen molar-refractivity contribution in [3.8, 4) is 16.9 Å². The number of aryl methyl sites for hydroxylation is 1. The third-order valence-electron chi connectivity index (χ3n) is 4.14. The van der Waals surface area contributed by atoms with Crippen molar-refractivity contribution in [3.63, 3.8) is 0 Å². The number of nitrogens with one attached hydrogen (secondary N) is 2. The predicted octanol–water partition coefficient (Wildman–Crippen LogP) is 2.53. The maximum Gasteiger partial charge on any atom is 0.315 e. The summed E-state index contributed by atoms with van der Waals surface area (Å²) in [4.78, 5) is 16.2. The van der Waals surface area contributed by atoms with Crippen LogP contribution in [-0.2, 0) is 20.0 Å². The fourth-order valence-corrected chi connectivity index (χ4v) is 2.67. The van der Waals surface area contributed by atoms with Gasteiger partial charge in [0.15, 0.2) is 0 Å². The van der Waals surface area contributed by atoms with Crippen molar-refractivity contribution in [3.05, 3.63) is 66.2 Å². The van der Waals surface area contributed by atoms with E-state index in [1.54, 1.807) is 30.4 Å². The summed E-state index contributed by atoms with van der Waals surface area (Å²) in [6, 6.07) is 9.62. The Morgan fingerprint density at radius 1 is 1.07 bits per heavy atom. The molecule has 0 aliphatic heterocycles. The summed E-state index contributed by atoms with van der Waals surface area (Å²) in [5, 5.41) is 9.89. The lowest BCUT2D eigenvalue weighted by atomic mass is 10.1. The zero-order chi connectivity index (χ0) is 19.1. The van der Waals surface area contributed by atoms with Crippen molar-refractivity contribution in [1.82, 2.24) is 25.4 Å². The van der Waals surface area contributed by atoms with Crippen LogP contribution >= 0.6 is 0 Å². The van der Waals surface area contributed by atoms with Gasteiger partial charge in [0.05, 0.1) is 13.3 Å². The molecule has 2 amide bonds. The zero-order valence-corrected chi connectivity index (χ0v) is 15.5. The largest absolute Gasteiger partial charge is 0.497 e. The van der Waals surface area contributed by atoms with Gasteiger partial charge in [0.25, 0.3) is 0 Å². The molecule has 0 saturated heterocycles. The molecule has 2 aromatic heterocycles. The molecule has 3 rings (SSSR count). The molecule has 2 heterocycles. The van der Waals surface area contributed by atoms with Gasteiger partial charge in [0, 0.05) is 49.9 Å². The highest BCUT2D eigenvalue weighted by Gasteiger charge is 2.05. The highest BCUT2D eigenvalue weighted by atomic mass is 16.5. The lowest BCUT2D eigenvalue weighted by molar-refractivity contribution is 0.240. The molecule has 0 radical (unpaired) electrons. The smallest absolute Gasteiger partial charge is 0.315 e. The molecule has 27 heavy (non-hydrogen) atoms. The number of amides is 2. The van der Waals surface area contributed by atoms with Crippen molar-refractivity contribution in [2.24, 2.45) is 7.05 Å². The standard InChI is InChI=1S/C20H23N5O2/c1-25-14-18(13-24-25)17-9-16(10-21-12-17)11-23-20(26)22-8-7-15-3-5-19(27-2)6-4-15/h3-6,9-10,12-14H,7-8,11H2,1-2H3,(H2,22,23,26). The number of carbonyl (C=O) groups excluding carboxylic acids is 1. The summed E-state index contributed by atoms with van der Waals surface area (Å²) in [5.74, 6) is 0.826. The van der Waals surface area contributed by atoms with Gasteiger partial charge in [-0.1, -0.05) is 12.1 Å². The summed E-state index contributed by atoms with van der Waals surface area (Å²) in [7, 11) is 3.52. The zero-order valence-electron chi connectivity index (χ0n) is 15.5. The topological polar surface area (TPSA) is 81.1 Å². The Kier molecular flexibility index (Phi) is 6.04. The van der Waals surface area contributed by atoms with Crippen LogP contribution in [0.2, 0.25) is 0 Å². The number of aromatic nitrogens is 3. The van der Waals surface area contributed by atoms with Crippen molar-refractivity contribution in [1.29, 1.82) is 0 Å². The van der Waals surface area contributed by atoms with Gasteiger partial charge in [-0.05, 0) is 35.7 Å². The highest BCUT2D eigenvalue weighted by Crippen LogP contribution is 2.18. The number of urea groups is 1. The third kappa shape index (κ3) is 5.31. The molecule has 7 nitrogen and oxygen atoms in total. The van der Waals surface area contributed by atoms with Crippen LogP contribution in [0, 0.1) is 0 Å². The number of rotatable bonds is 7. The quantitative estimate of drug-likeness (QED) is 0.674. The van der Waals surface area contributed by atoms with Gasteiger partial charge in [-0.2, -0.15) is 5.10 Å². The first-order chi connectivity index (χ1) is 13.1. The molecule has 0 aliphatic rings. The van der Waals surface area contributed by atoms with Crippen molar-refractivity contribution >= 4 is 6.03 Å². The first kappa shape index (κ1) is 18.4. The molecule has 0 atom stereocenters. The van der Waals surface area contributed by atoms with Gasteiger partial charge in [-0.3, -0.25) is 9.67 Å². The number of hydrogen-bond acceptors (Lipinski definition) is 4. The van der Waals surface area contributed by atoms with Gasteiger partial charge in [0.2, 0.25) is 0 Å². The van der Waals surface area contributed by atoms with Crippen molar-refractivity contribution in [2.45, 2.75) is 13.0 Å². The van der Waals surface area contributed by atoms with E-state index in [0.29, 0.717) is 13.1 Å². The van der Waals surface area contributed by atoms with Crippen LogP contribution in [0.1, 0.15) is 11.1 Å². The van der Waals surface area contributed by atoms with E-state index in [1.807, 2.05) is 43.6 Å². The SMILES string of the molecule is COc1ccc(CCNC(=O)NCc2cncc(-c3cnn(C)c3)c2)cc1. The Morgan fingerprint density at radius 3 is 2.59 bits per heavy atom. The minimum Gasteiger partial charge on any atom is -0.497 e. The Hall–Kier alpha value is -3.35. The van der Waals surface area contributed by atoms with Gasteiger partial charge in [0.1, 0.15) is 5.75 Å². The lowest BCUT2D eigenvalue weighted by Gasteiger charge is -2.09. The van der Waals surface area contributed by atoms with Crippen LogP contribution in [0.15, 0.2) is 55.1 Å². The molecule has 0 unspecified atom stereocenters. The fraction of sp³-hybridized carbons (Fsp3) is 0.250. The minimum atomic E-state index is -0.199. The average Bonchev–Trinajstić information content (AvgIpc) is 3.13. The maximum atomic E-state index is 12.0. The molecule has 0 aliphatic carbocycles. The number of ether oxygens (including phenoxy) is 1. The predicted molar refractivity (Wildman–Crippen MR) is 103 cm³/mol. The summed E-state index contributed by atoms with van der Waals surface area (Å²) in [6.07, 6.45) is 8.02. The number of methoxy groups -OCH3 is 1. The molecule has 0 bridgehead atoms. The van der Waals surface area contributed by atoms with Crippen molar-refractivity contribution in [2.75, 3.05) is 13.7 Å². The Balaban J connectivity index is 1.45. The average molecular weight is 365 g/mol. The molecular formula is C20H23N5O2. The van der Waals surface area contributed by atoms with E-state index < -0.39 is 0 Å². The summed E-state index contributed by atoms with van der Waals surface area (Å²) in [5.41, 5.74) is 4.05. The summed E-state index contributed by atoms with van der Waals surface area (Å²) >= 11 is 0. The Morgan fingerprint density at radius 2 is 1.89 bits per heavy atom. The van der Waals surface area contributed by atoms with Gasteiger partial charge in [-0.15, -0.1) is 0 Å². The van der Waals surface area contributed by atoms with E-state index in [0.717, 1.165) is 34.4 Å². The molecule has 2 N–H and O–H groups in total. The summed E-state index contributed by atoms with van der Waals surface area (Å²) < 4.78 is 6.88. The first-order valence-corrected chi connectivity index (χ1v) is 8.71. The van der Waals surface area contributed by atoms with Gasteiger partial charge >= 0.3 is 6.03 Å². The monoisotopic (exact) mass is 365 g/mol. The molecule has 140 valence electrons. The van der Waals surface area contributed by atoms with E-state index in [1.165, 1.54) is 0 Å². The van der Waals surface area contributed by atoms with Crippen LogP contribution in [0.3, 0.4) is 0 Å². The normalized spacial score (nSPS) is 10.4. The molecule has 7 heteroatoms. The van der Waals surface area contributed by atoms with Crippen LogP contribution in [-0.4, -0.2) is 34.5 Å². The molecule has 0 spiro atoms. The Bertz CT molecular complexity index is 889. The number of hydrogen-bond donors (Lipinski definition) is 2. The molecule has 0 saturated carbocycles. The number of carbonyl (C=O) groups is 1. The molecule has 3 aromatic rings. The summed E-state index contributed by atoms with van der Waals surface area (Å²) in [6.45, 7) is 0.974. The Labute approximate surface area is 158 Å². The second kappa shape index (κ2) is 8.84. The maximum absolute atomic E-state index is 12.0. The lowest BCUT2D eigenvalue weighted by Crippen LogP contribution is -2.36. The van der Waals surface area contributed by atoms with Crippen LogP contribution in [0.25, 0.3) is 11.1 Å². The van der Waals surface area contributed by atoms with Crippen LogP contribution in [0.5, 0.6) is 5.75 Å². The fourth-order valence-electron chi connectivity index (χ4n) is 2.67. The van der Waals surface area contributed by atoms with E-state index in [2.05, 4.69) is 20.7 Å². The van der Waals surface area contributed by atoms with E-state index in [9.17, 15) is 4.79 Å². The highest BCUT2D eigenvalue weighted by molar-refractivity contribution is 5.73. The third-order valence-corrected chi connectivity index (χ3v) is 4.14. The second-order valence-electron chi connectivity index (χ2n) is 6.19. The van der Waals surface area contributed by atoms with Crippen LogP contribution < -0.4 is 15.4 Å². The van der Waals surface area contributed by atoms with Gasteiger partial charge in [-0.25, -0.2) is 4.79 Å². The van der Waals surface area contributed by atoms with Crippen LogP contribution in [0.4, 0.5) is 4.79 Å². The second-order valence-corrected chi connectivity index (χ2v) is 6.19. The first-order valence-electron chi connectivity index (χ1n) is 8.71. The molecule has 1 aromatic carbocycles. The minimum absolute atomic E-state index is 0.199. The number of nitrogens with zero attached hydrogens (tertiary/aromatic N) is 3.